The number of nitrogens with zero attached hydrogens (tertiary/aromatic N) is 1. The molecule has 0 fully saturated rings. The van der Waals surface area contributed by atoms with Crippen LogP contribution in [-0.2, 0) is 9.59 Å². The molecule has 27 heavy (non-hydrogen) atoms. The van der Waals surface area contributed by atoms with E-state index in [1.165, 1.54) is 27.5 Å². The van der Waals surface area contributed by atoms with Gasteiger partial charge < -0.3 is 19.5 Å². The highest BCUT2D eigenvalue weighted by atomic mass is 35.5. The molecule has 0 aliphatic carbocycles. The Bertz CT molecular complexity index is 870. The largest absolute Gasteiger partial charge is 0.496 e. The number of ether oxygens (including phenoxy) is 3. The second-order valence-corrected chi connectivity index (χ2v) is 5.49. The molecule has 2 aromatic rings. The Morgan fingerprint density at radius 3 is 2.22 bits per heavy atom. The molecule has 0 unspecified atom stereocenters. The second-order valence-electron chi connectivity index (χ2n) is 5.08. The lowest BCUT2D eigenvalue weighted by Crippen LogP contribution is -2.32. The molecule has 2 N–H and O–H groups in total. The molecule has 2 aromatic carbocycles. The summed E-state index contributed by atoms with van der Waals surface area (Å²) in [5, 5.41) is 6.48. The Hall–Kier alpha value is -3.26. The molecule has 0 saturated heterocycles. The molecular formula is C18H18ClN3O5. The molecule has 0 bridgehead atoms. The summed E-state index contributed by atoms with van der Waals surface area (Å²) < 4.78 is 15.7. The fourth-order valence-corrected chi connectivity index (χ4v) is 2.29. The Kier molecular flexibility index (Phi) is 7.01. The molecule has 0 radical (unpaired) electrons. The maximum Gasteiger partial charge on any atom is 0.329 e. The Labute approximate surface area is 161 Å². The van der Waals surface area contributed by atoms with Crippen molar-refractivity contribution in [1.29, 1.82) is 0 Å². The fraction of sp³-hybridized carbons (Fsp3) is 0.167. The first kappa shape index (κ1) is 20.1. The molecule has 2 amide bonds. The molecule has 0 atom stereocenters. The average Bonchev–Trinajstić information content (AvgIpc) is 2.68. The first-order valence-corrected chi connectivity index (χ1v) is 8.06. The van der Waals surface area contributed by atoms with Crippen LogP contribution < -0.4 is 25.0 Å². The molecule has 0 saturated carbocycles. The van der Waals surface area contributed by atoms with Crippen LogP contribution in [-0.4, -0.2) is 39.4 Å². The summed E-state index contributed by atoms with van der Waals surface area (Å²) in [6.45, 7) is 0. The van der Waals surface area contributed by atoms with Gasteiger partial charge in [-0.15, -0.1) is 0 Å². The van der Waals surface area contributed by atoms with Crippen LogP contribution in [0.25, 0.3) is 0 Å². The summed E-state index contributed by atoms with van der Waals surface area (Å²) in [6.07, 6.45) is 1.32. The van der Waals surface area contributed by atoms with Crippen LogP contribution in [0.5, 0.6) is 17.2 Å². The highest BCUT2D eigenvalue weighted by Gasteiger charge is 2.15. The van der Waals surface area contributed by atoms with E-state index in [4.69, 9.17) is 25.8 Å². The molecule has 0 spiro atoms. The topological polar surface area (TPSA) is 98.2 Å². The number of methoxy groups -OCH3 is 3. The smallest absolute Gasteiger partial charge is 0.329 e. The quantitative estimate of drug-likeness (QED) is 0.447. The van der Waals surface area contributed by atoms with Crippen molar-refractivity contribution >= 4 is 35.3 Å². The van der Waals surface area contributed by atoms with E-state index in [0.717, 1.165) is 0 Å². The van der Waals surface area contributed by atoms with Crippen LogP contribution in [0.2, 0.25) is 5.02 Å². The van der Waals surface area contributed by atoms with Crippen LogP contribution in [0.1, 0.15) is 5.56 Å². The van der Waals surface area contributed by atoms with E-state index in [0.29, 0.717) is 33.5 Å². The van der Waals surface area contributed by atoms with Crippen molar-refractivity contribution in [3.8, 4) is 17.2 Å². The Morgan fingerprint density at radius 2 is 1.59 bits per heavy atom. The number of benzene rings is 2. The molecule has 0 aromatic heterocycles. The van der Waals surface area contributed by atoms with Crippen LogP contribution in [0.4, 0.5) is 5.69 Å². The van der Waals surface area contributed by atoms with E-state index in [-0.39, 0.29) is 0 Å². The maximum absolute atomic E-state index is 11.9. The van der Waals surface area contributed by atoms with Crippen molar-refractivity contribution in [1.82, 2.24) is 5.43 Å². The minimum Gasteiger partial charge on any atom is -0.496 e. The standard InChI is InChI=1S/C18H18ClN3O5/c1-25-14-9-16(27-3)15(26-2)8-11(14)10-20-22-18(24)17(23)21-13-7-5-4-6-12(13)19/h4-10H,1-3H3,(H,21,23)(H,22,24)/b20-10-. The number of rotatable bonds is 6. The summed E-state index contributed by atoms with van der Waals surface area (Å²) in [6, 6.07) is 9.80. The van der Waals surface area contributed by atoms with Crippen molar-refractivity contribution in [2.75, 3.05) is 26.6 Å². The van der Waals surface area contributed by atoms with Crippen molar-refractivity contribution in [3.05, 3.63) is 47.0 Å². The van der Waals surface area contributed by atoms with Crippen molar-refractivity contribution in [2.45, 2.75) is 0 Å². The third-order valence-electron chi connectivity index (χ3n) is 3.43. The predicted octanol–water partition coefficient (Wildman–Crippen LogP) is 2.45. The zero-order valence-electron chi connectivity index (χ0n) is 14.9. The van der Waals surface area contributed by atoms with E-state index >= 15 is 0 Å². The molecule has 0 aliphatic rings. The number of hydrazone groups is 1. The van der Waals surface area contributed by atoms with Crippen LogP contribution in [0, 0.1) is 0 Å². The molecule has 9 heteroatoms. The third kappa shape index (κ3) is 5.11. The van der Waals surface area contributed by atoms with Gasteiger partial charge in [-0.25, -0.2) is 5.43 Å². The second kappa shape index (κ2) is 9.44. The fourth-order valence-electron chi connectivity index (χ4n) is 2.11. The van der Waals surface area contributed by atoms with Gasteiger partial charge in [0.05, 0.1) is 38.3 Å². The van der Waals surface area contributed by atoms with Crippen molar-refractivity contribution in [2.24, 2.45) is 5.10 Å². The first-order valence-electron chi connectivity index (χ1n) is 7.69. The number of hydrogen-bond donors (Lipinski definition) is 2. The molecule has 8 nitrogen and oxygen atoms in total. The van der Waals surface area contributed by atoms with Gasteiger partial charge in [-0.2, -0.15) is 5.10 Å². The maximum atomic E-state index is 11.9. The first-order chi connectivity index (χ1) is 13.0. The average molecular weight is 392 g/mol. The number of amides is 2. The van der Waals surface area contributed by atoms with Gasteiger partial charge >= 0.3 is 11.8 Å². The van der Waals surface area contributed by atoms with Gasteiger partial charge in [-0.1, -0.05) is 23.7 Å². The van der Waals surface area contributed by atoms with Gasteiger partial charge in [0.1, 0.15) is 5.75 Å². The Balaban J connectivity index is 2.07. The summed E-state index contributed by atoms with van der Waals surface area (Å²) in [5.41, 5.74) is 2.98. The molecule has 2 rings (SSSR count). The minimum atomic E-state index is -0.953. The molecule has 0 aliphatic heterocycles. The van der Waals surface area contributed by atoms with E-state index < -0.39 is 11.8 Å². The third-order valence-corrected chi connectivity index (χ3v) is 3.76. The van der Waals surface area contributed by atoms with E-state index in [9.17, 15) is 9.59 Å². The van der Waals surface area contributed by atoms with Crippen molar-refractivity contribution in [3.63, 3.8) is 0 Å². The lowest BCUT2D eigenvalue weighted by atomic mass is 10.2. The van der Waals surface area contributed by atoms with Gasteiger partial charge in [-0.3, -0.25) is 9.59 Å². The van der Waals surface area contributed by atoms with Crippen LogP contribution in [0.3, 0.4) is 0 Å². The van der Waals surface area contributed by atoms with Gasteiger partial charge in [0.25, 0.3) is 0 Å². The number of para-hydroxylation sites is 1. The van der Waals surface area contributed by atoms with Gasteiger partial charge in [0.15, 0.2) is 11.5 Å². The van der Waals surface area contributed by atoms with Crippen LogP contribution >= 0.6 is 11.6 Å². The number of nitrogens with one attached hydrogen (secondary N) is 2. The monoisotopic (exact) mass is 391 g/mol. The zero-order chi connectivity index (χ0) is 19.8. The summed E-state index contributed by atoms with van der Waals surface area (Å²) >= 11 is 5.93. The van der Waals surface area contributed by atoms with Gasteiger partial charge in [-0.05, 0) is 18.2 Å². The number of halogens is 1. The molecule has 142 valence electrons. The zero-order valence-corrected chi connectivity index (χ0v) is 15.7. The van der Waals surface area contributed by atoms with Gasteiger partial charge in [0.2, 0.25) is 0 Å². The number of carbonyl (C=O) groups excluding carboxylic acids is 2. The highest BCUT2D eigenvalue weighted by molar-refractivity contribution is 6.41. The number of hydrogen-bond acceptors (Lipinski definition) is 6. The Morgan fingerprint density at radius 1 is 0.963 bits per heavy atom. The van der Waals surface area contributed by atoms with E-state index in [1.807, 2.05) is 0 Å². The normalized spacial score (nSPS) is 10.4. The van der Waals surface area contributed by atoms with Gasteiger partial charge in [0, 0.05) is 11.6 Å². The van der Waals surface area contributed by atoms with Crippen LogP contribution in [0.15, 0.2) is 41.5 Å². The SMILES string of the molecule is COc1cc(OC)c(OC)cc1/C=N\NC(=O)C(=O)Nc1ccccc1Cl. The van der Waals surface area contributed by atoms with Crippen molar-refractivity contribution < 1.29 is 23.8 Å². The molecule has 0 heterocycles. The lowest BCUT2D eigenvalue weighted by molar-refractivity contribution is -0.136. The minimum absolute atomic E-state index is 0.317. The number of carbonyl (C=O) groups is 2. The summed E-state index contributed by atoms with van der Waals surface area (Å²) in [5.74, 6) is -0.464. The predicted molar refractivity (Wildman–Crippen MR) is 102 cm³/mol. The summed E-state index contributed by atoms with van der Waals surface area (Å²) in [7, 11) is 4.48. The van der Waals surface area contributed by atoms with E-state index in [2.05, 4.69) is 15.8 Å². The van der Waals surface area contributed by atoms with E-state index in [1.54, 1.807) is 36.4 Å². The lowest BCUT2D eigenvalue weighted by Gasteiger charge is -2.11. The highest BCUT2D eigenvalue weighted by Crippen LogP contribution is 2.33. The molecular weight excluding hydrogens is 374 g/mol. The number of anilines is 1. The summed E-state index contributed by atoms with van der Waals surface area (Å²) in [4.78, 5) is 23.8.